The molecule has 0 saturated carbocycles. The number of hydrogen-bond donors (Lipinski definition) is 1. The van der Waals surface area contributed by atoms with Gasteiger partial charge in [0, 0.05) is 0 Å². The number of rotatable bonds is 1. The van der Waals surface area contributed by atoms with Crippen LogP contribution in [0.1, 0.15) is 25.3 Å². The zero-order valence-corrected chi connectivity index (χ0v) is 8.66. The maximum Gasteiger partial charge on any atom is 0.215 e. The van der Waals surface area contributed by atoms with E-state index in [1.807, 2.05) is 39.0 Å². The summed E-state index contributed by atoms with van der Waals surface area (Å²) < 4.78 is 5.58. The second kappa shape index (κ2) is 2.82. The van der Waals surface area contributed by atoms with Crippen LogP contribution in [0, 0.1) is 6.92 Å². The molecule has 2 N–H and O–H groups in total. The quantitative estimate of drug-likeness (QED) is 0.750. The van der Waals surface area contributed by atoms with Crippen LogP contribution in [-0.2, 0) is 5.54 Å². The summed E-state index contributed by atoms with van der Waals surface area (Å²) in [4.78, 5) is 4.39. The van der Waals surface area contributed by atoms with Crippen LogP contribution in [-0.4, -0.2) is 4.98 Å². The van der Waals surface area contributed by atoms with E-state index in [-0.39, 0.29) is 0 Å². The number of aromatic nitrogens is 1. The van der Waals surface area contributed by atoms with Crippen molar-refractivity contribution in [2.45, 2.75) is 26.3 Å². The van der Waals surface area contributed by atoms with Gasteiger partial charge in [-0.2, -0.15) is 0 Å². The summed E-state index contributed by atoms with van der Waals surface area (Å²) in [7, 11) is 0. The maximum atomic E-state index is 5.91. The van der Waals surface area contributed by atoms with E-state index in [1.165, 1.54) is 0 Å². The highest BCUT2D eigenvalue weighted by atomic mass is 16.3. The van der Waals surface area contributed by atoms with Gasteiger partial charge in [0.1, 0.15) is 5.52 Å². The molecule has 1 aromatic carbocycles. The molecule has 0 aliphatic carbocycles. The Kier molecular flexibility index (Phi) is 1.86. The smallest absolute Gasteiger partial charge is 0.215 e. The minimum Gasteiger partial charge on any atom is -0.439 e. The van der Waals surface area contributed by atoms with Crippen molar-refractivity contribution in [1.29, 1.82) is 0 Å². The number of benzene rings is 1. The molecule has 0 aliphatic rings. The van der Waals surface area contributed by atoms with Gasteiger partial charge in [-0.15, -0.1) is 0 Å². The van der Waals surface area contributed by atoms with Gasteiger partial charge in [-0.3, -0.25) is 0 Å². The predicted octanol–water partition coefficient (Wildman–Crippen LogP) is 2.33. The van der Waals surface area contributed by atoms with Crippen molar-refractivity contribution < 1.29 is 4.42 Å². The maximum absolute atomic E-state index is 5.91. The number of para-hydroxylation sites is 1. The zero-order chi connectivity index (χ0) is 10.3. The fourth-order valence-electron chi connectivity index (χ4n) is 1.36. The molecule has 3 heteroatoms. The lowest BCUT2D eigenvalue weighted by molar-refractivity contribution is 0.394. The summed E-state index contributed by atoms with van der Waals surface area (Å²) in [6.07, 6.45) is 0. The number of nitrogens with zero attached hydrogens (tertiary/aromatic N) is 1. The van der Waals surface area contributed by atoms with E-state index in [0.717, 1.165) is 16.7 Å². The molecule has 14 heavy (non-hydrogen) atoms. The largest absolute Gasteiger partial charge is 0.439 e. The highest BCUT2D eigenvalue weighted by Crippen LogP contribution is 2.24. The van der Waals surface area contributed by atoms with Crippen molar-refractivity contribution in [3.8, 4) is 0 Å². The Hall–Kier alpha value is -1.35. The molecule has 0 atom stereocenters. The fourth-order valence-corrected chi connectivity index (χ4v) is 1.36. The average molecular weight is 190 g/mol. The van der Waals surface area contributed by atoms with E-state index >= 15 is 0 Å². The van der Waals surface area contributed by atoms with Gasteiger partial charge in [-0.1, -0.05) is 12.1 Å². The minimum atomic E-state index is -0.522. The number of aryl methyl sites for hydroxylation is 1. The first-order chi connectivity index (χ1) is 6.48. The lowest BCUT2D eigenvalue weighted by atomic mass is 10.1. The zero-order valence-electron chi connectivity index (χ0n) is 8.66. The molecule has 2 rings (SSSR count). The molecule has 1 heterocycles. The third-order valence-corrected chi connectivity index (χ3v) is 2.17. The predicted molar refractivity (Wildman–Crippen MR) is 56.0 cm³/mol. The molecule has 0 bridgehead atoms. The van der Waals surface area contributed by atoms with Gasteiger partial charge in [0.2, 0.25) is 5.89 Å². The second-order valence-electron chi connectivity index (χ2n) is 4.16. The minimum absolute atomic E-state index is 0.522. The van der Waals surface area contributed by atoms with E-state index in [2.05, 4.69) is 4.98 Å². The van der Waals surface area contributed by atoms with Gasteiger partial charge in [0.05, 0.1) is 5.54 Å². The normalized spacial score (nSPS) is 12.3. The van der Waals surface area contributed by atoms with Crippen molar-refractivity contribution in [3.05, 3.63) is 29.7 Å². The third-order valence-electron chi connectivity index (χ3n) is 2.17. The third kappa shape index (κ3) is 1.40. The summed E-state index contributed by atoms with van der Waals surface area (Å²) in [5.41, 5.74) is 8.21. The molecule has 0 saturated heterocycles. The summed E-state index contributed by atoms with van der Waals surface area (Å²) in [6, 6.07) is 5.87. The monoisotopic (exact) mass is 190 g/mol. The van der Waals surface area contributed by atoms with Crippen LogP contribution in [0.4, 0.5) is 0 Å². The van der Waals surface area contributed by atoms with Crippen LogP contribution in [0.5, 0.6) is 0 Å². The molecule has 0 spiro atoms. The van der Waals surface area contributed by atoms with Crippen LogP contribution >= 0.6 is 0 Å². The Labute approximate surface area is 82.9 Å². The Balaban J connectivity index is 2.69. The molecule has 0 fully saturated rings. The molecule has 2 aromatic rings. The van der Waals surface area contributed by atoms with Gasteiger partial charge in [-0.25, -0.2) is 4.98 Å². The van der Waals surface area contributed by atoms with Gasteiger partial charge < -0.3 is 10.2 Å². The van der Waals surface area contributed by atoms with E-state index in [1.54, 1.807) is 0 Å². The molecule has 0 radical (unpaired) electrons. The first kappa shape index (κ1) is 9.21. The molecule has 74 valence electrons. The van der Waals surface area contributed by atoms with Gasteiger partial charge in [-0.05, 0) is 32.4 Å². The topological polar surface area (TPSA) is 52.0 Å². The first-order valence-electron chi connectivity index (χ1n) is 4.64. The highest BCUT2D eigenvalue weighted by Gasteiger charge is 2.21. The number of fused-ring (bicyclic) bond motifs is 1. The lowest BCUT2D eigenvalue weighted by Crippen LogP contribution is -2.28. The number of hydrogen-bond acceptors (Lipinski definition) is 3. The van der Waals surface area contributed by atoms with Gasteiger partial charge in [0.25, 0.3) is 0 Å². The SMILES string of the molecule is Cc1cccc2oc(C(C)(C)N)nc12. The van der Waals surface area contributed by atoms with Gasteiger partial charge in [0.15, 0.2) is 5.58 Å². The van der Waals surface area contributed by atoms with Crippen LogP contribution < -0.4 is 5.73 Å². The van der Waals surface area contributed by atoms with Crippen molar-refractivity contribution in [1.82, 2.24) is 4.98 Å². The molecule has 3 nitrogen and oxygen atoms in total. The van der Waals surface area contributed by atoms with Crippen molar-refractivity contribution in [2.75, 3.05) is 0 Å². The Morgan fingerprint density at radius 3 is 2.64 bits per heavy atom. The van der Waals surface area contributed by atoms with Crippen molar-refractivity contribution >= 4 is 11.1 Å². The fraction of sp³-hybridized carbons (Fsp3) is 0.364. The Morgan fingerprint density at radius 2 is 2.07 bits per heavy atom. The Bertz CT molecular complexity index is 466. The highest BCUT2D eigenvalue weighted by molar-refractivity contribution is 5.76. The Morgan fingerprint density at radius 1 is 1.36 bits per heavy atom. The number of nitrogens with two attached hydrogens (primary N) is 1. The molecular formula is C11H14N2O. The van der Waals surface area contributed by atoms with E-state index in [9.17, 15) is 0 Å². The van der Waals surface area contributed by atoms with Crippen LogP contribution in [0.25, 0.3) is 11.1 Å². The summed E-state index contributed by atoms with van der Waals surface area (Å²) in [5, 5.41) is 0. The molecular weight excluding hydrogens is 176 g/mol. The van der Waals surface area contributed by atoms with Crippen LogP contribution in [0.3, 0.4) is 0 Å². The van der Waals surface area contributed by atoms with Gasteiger partial charge >= 0.3 is 0 Å². The molecule has 1 aromatic heterocycles. The molecule has 0 unspecified atom stereocenters. The summed E-state index contributed by atoms with van der Waals surface area (Å²) in [6.45, 7) is 5.78. The summed E-state index contributed by atoms with van der Waals surface area (Å²) in [5.74, 6) is 0.585. The molecule has 0 aliphatic heterocycles. The second-order valence-corrected chi connectivity index (χ2v) is 4.16. The van der Waals surface area contributed by atoms with Crippen molar-refractivity contribution in [3.63, 3.8) is 0 Å². The first-order valence-corrected chi connectivity index (χ1v) is 4.64. The molecule has 0 amide bonds. The van der Waals surface area contributed by atoms with Crippen molar-refractivity contribution in [2.24, 2.45) is 5.73 Å². The lowest BCUT2D eigenvalue weighted by Gasteiger charge is -2.11. The van der Waals surface area contributed by atoms with E-state index in [4.69, 9.17) is 10.2 Å². The van der Waals surface area contributed by atoms with E-state index in [0.29, 0.717) is 5.89 Å². The van der Waals surface area contributed by atoms with Crippen LogP contribution in [0.2, 0.25) is 0 Å². The van der Waals surface area contributed by atoms with Crippen LogP contribution in [0.15, 0.2) is 22.6 Å². The summed E-state index contributed by atoms with van der Waals surface area (Å²) >= 11 is 0. The average Bonchev–Trinajstić information content (AvgIpc) is 2.48. The standard InChI is InChI=1S/C11H14N2O/c1-7-5-4-6-8-9(7)13-10(14-8)11(2,3)12/h4-6H,12H2,1-3H3. The van der Waals surface area contributed by atoms with E-state index < -0.39 is 5.54 Å². The number of oxazole rings is 1.